The minimum atomic E-state index is -0.0351. The van der Waals surface area contributed by atoms with Crippen molar-refractivity contribution in [3.05, 3.63) is 29.8 Å². The van der Waals surface area contributed by atoms with Crippen LogP contribution in [-0.2, 0) is 4.79 Å². The maximum Gasteiger partial charge on any atom is 0.225 e. The number of rotatable bonds is 3. The lowest BCUT2D eigenvalue weighted by atomic mass is 10.1. The summed E-state index contributed by atoms with van der Waals surface area (Å²) in [6, 6.07) is 9.39. The van der Waals surface area contributed by atoms with Gasteiger partial charge in [0.05, 0.1) is 11.3 Å². The minimum absolute atomic E-state index is 0.0351. The van der Waals surface area contributed by atoms with Gasteiger partial charge in [-0.25, -0.2) is 0 Å². The highest BCUT2D eigenvalue weighted by atomic mass is 16.1. The lowest BCUT2D eigenvalue weighted by Crippen LogP contribution is -2.27. The average Bonchev–Trinajstić information content (AvgIpc) is 2.82. The summed E-state index contributed by atoms with van der Waals surface area (Å²) < 4.78 is 0. The van der Waals surface area contributed by atoms with Crippen LogP contribution < -0.4 is 10.6 Å². The molecule has 88 valence electrons. The highest BCUT2D eigenvalue weighted by molar-refractivity contribution is 5.92. The number of nitrogens with one attached hydrogen (secondary N) is 2. The molecule has 2 rings (SSSR count). The van der Waals surface area contributed by atoms with E-state index < -0.39 is 0 Å². The van der Waals surface area contributed by atoms with Gasteiger partial charge < -0.3 is 10.6 Å². The molecule has 0 saturated carbocycles. The molecule has 1 atom stereocenters. The van der Waals surface area contributed by atoms with E-state index in [-0.39, 0.29) is 11.9 Å². The molecule has 17 heavy (non-hydrogen) atoms. The van der Waals surface area contributed by atoms with Crippen molar-refractivity contribution in [1.29, 1.82) is 5.26 Å². The van der Waals surface area contributed by atoms with Crippen molar-refractivity contribution in [2.45, 2.75) is 25.3 Å². The van der Waals surface area contributed by atoms with E-state index in [2.05, 4.69) is 16.7 Å². The number of para-hydroxylation sites is 1. The van der Waals surface area contributed by atoms with E-state index in [0.29, 0.717) is 17.7 Å². The third-order valence-corrected chi connectivity index (χ3v) is 2.92. The number of nitrogens with zero attached hydrogens (tertiary/aromatic N) is 1. The number of amides is 1. The van der Waals surface area contributed by atoms with Crippen LogP contribution in [0, 0.1) is 11.3 Å². The van der Waals surface area contributed by atoms with E-state index in [9.17, 15) is 4.79 Å². The quantitative estimate of drug-likeness (QED) is 0.828. The summed E-state index contributed by atoms with van der Waals surface area (Å²) in [6.07, 6.45) is 2.65. The summed E-state index contributed by atoms with van der Waals surface area (Å²) in [5.41, 5.74) is 1.10. The van der Waals surface area contributed by atoms with Gasteiger partial charge in [0.1, 0.15) is 6.07 Å². The van der Waals surface area contributed by atoms with Gasteiger partial charge in [-0.3, -0.25) is 4.79 Å². The number of anilines is 1. The molecule has 0 radical (unpaired) electrons. The molecular formula is C13H15N3O. The molecule has 1 aromatic rings. The maximum absolute atomic E-state index is 11.8. The van der Waals surface area contributed by atoms with Crippen LogP contribution in [0.3, 0.4) is 0 Å². The molecule has 1 amide bonds. The van der Waals surface area contributed by atoms with Crippen LogP contribution in [0.25, 0.3) is 0 Å². The molecule has 4 nitrogen and oxygen atoms in total. The molecule has 1 heterocycles. The summed E-state index contributed by atoms with van der Waals surface area (Å²) >= 11 is 0. The third-order valence-electron chi connectivity index (χ3n) is 2.92. The average molecular weight is 229 g/mol. The Morgan fingerprint density at radius 1 is 1.53 bits per heavy atom. The molecule has 1 aromatic carbocycles. The van der Waals surface area contributed by atoms with E-state index in [0.717, 1.165) is 19.4 Å². The Hall–Kier alpha value is -1.86. The van der Waals surface area contributed by atoms with Crippen molar-refractivity contribution in [2.24, 2.45) is 0 Å². The maximum atomic E-state index is 11.8. The minimum Gasteiger partial charge on any atom is -0.325 e. The molecule has 0 aliphatic carbocycles. The van der Waals surface area contributed by atoms with Crippen molar-refractivity contribution in [1.82, 2.24) is 5.32 Å². The molecule has 0 bridgehead atoms. The number of hydrogen-bond donors (Lipinski definition) is 2. The molecule has 1 aliphatic rings. The van der Waals surface area contributed by atoms with Crippen molar-refractivity contribution >= 4 is 11.6 Å². The smallest absolute Gasteiger partial charge is 0.225 e. The largest absolute Gasteiger partial charge is 0.325 e. The van der Waals surface area contributed by atoms with Gasteiger partial charge in [0, 0.05) is 12.5 Å². The second-order valence-corrected chi connectivity index (χ2v) is 4.20. The Kier molecular flexibility index (Phi) is 3.73. The summed E-state index contributed by atoms with van der Waals surface area (Å²) in [5.74, 6) is -0.0351. The van der Waals surface area contributed by atoms with Gasteiger partial charge in [0.15, 0.2) is 0 Å². The van der Waals surface area contributed by atoms with Gasteiger partial charge in [-0.2, -0.15) is 5.26 Å². The first-order chi connectivity index (χ1) is 8.29. The van der Waals surface area contributed by atoms with Gasteiger partial charge >= 0.3 is 0 Å². The number of nitriles is 1. The van der Waals surface area contributed by atoms with Crippen LogP contribution in [-0.4, -0.2) is 18.5 Å². The van der Waals surface area contributed by atoms with Crippen molar-refractivity contribution in [2.75, 3.05) is 11.9 Å². The Labute approximate surface area is 101 Å². The van der Waals surface area contributed by atoms with Crippen LogP contribution in [0.5, 0.6) is 0 Å². The summed E-state index contributed by atoms with van der Waals surface area (Å²) in [4.78, 5) is 11.8. The van der Waals surface area contributed by atoms with E-state index >= 15 is 0 Å². The lowest BCUT2D eigenvalue weighted by Gasteiger charge is -2.11. The second-order valence-electron chi connectivity index (χ2n) is 4.20. The first-order valence-corrected chi connectivity index (χ1v) is 5.82. The molecule has 1 saturated heterocycles. The van der Waals surface area contributed by atoms with Crippen molar-refractivity contribution in [3.63, 3.8) is 0 Å². The van der Waals surface area contributed by atoms with Gasteiger partial charge in [0.2, 0.25) is 5.91 Å². The number of benzene rings is 1. The van der Waals surface area contributed by atoms with Crippen LogP contribution in [0.4, 0.5) is 5.69 Å². The fourth-order valence-electron chi connectivity index (χ4n) is 2.05. The predicted molar refractivity (Wildman–Crippen MR) is 65.4 cm³/mol. The fourth-order valence-corrected chi connectivity index (χ4v) is 2.05. The van der Waals surface area contributed by atoms with Gasteiger partial charge in [-0.1, -0.05) is 12.1 Å². The summed E-state index contributed by atoms with van der Waals surface area (Å²) in [5, 5.41) is 15.0. The third kappa shape index (κ3) is 3.05. The molecule has 1 fully saturated rings. The predicted octanol–water partition coefficient (Wildman–Crippen LogP) is 1.64. The number of carbonyl (C=O) groups is 1. The zero-order valence-electron chi connectivity index (χ0n) is 9.57. The standard InChI is InChI=1S/C13H15N3O/c14-9-10-4-1-2-6-12(10)16-13(17)8-11-5-3-7-15-11/h1-2,4,6,11,15H,3,5,7-8H2,(H,16,17). The Balaban J connectivity index is 1.95. The molecule has 1 unspecified atom stereocenters. The van der Waals surface area contributed by atoms with Gasteiger partial charge in [-0.05, 0) is 31.5 Å². The molecule has 0 aromatic heterocycles. The zero-order valence-corrected chi connectivity index (χ0v) is 9.57. The van der Waals surface area contributed by atoms with Crippen molar-refractivity contribution < 1.29 is 4.79 Å². The van der Waals surface area contributed by atoms with E-state index in [1.165, 1.54) is 0 Å². The van der Waals surface area contributed by atoms with Gasteiger partial charge in [-0.15, -0.1) is 0 Å². The highest BCUT2D eigenvalue weighted by Crippen LogP contribution is 2.15. The summed E-state index contributed by atoms with van der Waals surface area (Å²) in [6.45, 7) is 0.993. The monoisotopic (exact) mass is 229 g/mol. The molecule has 0 spiro atoms. The highest BCUT2D eigenvalue weighted by Gasteiger charge is 2.17. The van der Waals surface area contributed by atoms with E-state index in [1.54, 1.807) is 18.2 Å². The zero-order chi connectivity index (χ0) is 12.1. The Morgan fingerprint density at radius 2 is 2.35 bits per heavy atom. The van der Waals surface area contributed by atoms with Crippen LogP contribution >= 0.6 is 0 Å². The number of hydrogen-bond acceptors (Lipinski definition) is 3. The lowest BCUT2D eigenvalue weighted by molar-refractivity contribution is -0.116. The summed E-state index contributed by atoms with van der Waals surface area (Å²) in [7, 11) is 0. The van der Waals surface area contributed by atoms with Gasteiger partial charge in [0.25, 0.3) is 0 Å². The SMILES string of the molecule is N#Cc1ccccc1NC(=O)CC1CCCN1. The fraction of sp³-hybridized carbons (Fsp3) is 0.385. The molecule has 4 heteroatoms. The number of carbonyl (C=O) groups excluding carboxylic acids is 1. The van der Waals surface area contributed by atoms with E-state index in [4.69, 9.17) is 5.26 Å². The van der Waals surface area contributed by atoms with E-state index in [1.807, 2.05) is 6.07 Å². The van der Waals surface area contributed by atoms with Crippen LogP contribution in [0.15, 0.2) is 24.3 Å². The Morgan fingerprint density at radius 3 is 3.06 bits per heavy atom. The van der Waals surface area contributed by atoms with Crippen molar-refractivity contribution in [3.8, 4) is 6.07 Å². The normalized spacial score (nSPS) is 18.6. The first kappa shape index (κ1) is 11.6. The first-order valence-electron chi connectivity index (χ1n) is 5.82. The van der Waals surface area contributed by atoms with Crippen LogP contribution in [0.1, 0.15) is 24.8 Å². The molecule has 2 N–H and O–H groups in total. The topological polar surface area (TPSA) is 64.9 Å². The van der Waals surface area contributed by atoms with Crippen LogP contribution in [0.2, 0.25) is 0 Å². The Bertz CT molecular complexity index is 444. The molecular weight excluding hydrogens is 214 g/mol. The molecule has 1 aliphatic heterocycles. The second kappa shape index (κ2) is 5.46.